The van der Waals surface area contributed by atoms with Crippen LogP contribution in [0.15, 0.2) is 0 Å². The monoisotopic (exact) mass is 198 g/mol. The van der Waals surface area contributed by atoms with Gasteiger partial charge in [-0.05, 0) is 12.8 Å². The maximum absolute atomic E-state index is 8.81. The molecule has 1 saturated heterocycles. The van der Waals surface area contributed by atoms with Crippen LogP contribution in [0.5, 0.6) is 0 Å². The second-order valence-corrected chi connectivity index (χ2v) is 5.03. The largest absolute Gasteiger partial charge is 0.287 e. The summed E-state index contributed by atoms with van der Waals surface area (Å²) >= 11 is 1.94. The third-order valence-electron chi connectivity index (χ3n) is 2.43. The first-order valence-electron chi connectivity index (χ1n) is 5.07. The second kappa shape index (κ2) is 4.88. The van der Waals surface area contributed by atoms with Crippen LogP contribution in [0.3, 0.4) is 0 Å². The summed E-state index contributed by atoms with van der Waals surface area (Å²) in [5, 5.41) is 12.3. The number of nitriles is 1. The van der Waals surface area contributed by atoms with E-state index in [1.54, 1.807) is 0 Å². The zero-order chi connectivity index (χ0) is 9.73. The van der Waals surface area contributed by atoms with Crippen LogP contribution in [-0.4, -0.2) is 16.7 Å². The Morgan fingerprint density at radius 1 is 1.46 bits per heavy atom. The van der Waals surface area contributed by atoms with Crippen molar-refractivity contribution in [2.75, 3.05) is 5.75 Å². The summed E-state index contributed by atoms with van der Waals surface area (Å²) < 4.78 is 0. The Kier molecular flexibility index (Phi) is 4.08. The predicted octanol–water partition coefficient (Wildman–Crippen LogP) is 2.51. The van der Waals surface area contributed by atoms with E-state index in [2.05, 4.69) is 25.2 Å². The van der Waals surface area contributed by atoms with Gasteiger partial charge < -0.3 is 0 Å². The van der Waals surface area contributed by atoms with E-state index in [9.17, 15) is 0 Å². The van der Waals surface area contributed by atoms with Crippen molar-refractivity contribution in [3.05, 3.63) is 0 Å². The van der Waals surface area contributed by atoms with Gasteiger partial charge in [-0.25, -0.2) is 0 Å². The Balaban J connectivity index is 2.55. The second-order valence-electron chi connectivity index (χ2n) is 3.63. The lowest BCUT2D eigenvalue weighted by molar-refractivity contribution is 0.409. The summed E-state index contributed by atoms with van der Waals surface area (Å²) in [5.41, 5.74) is 0. The maximum atomic E-state index is 8.81. The molecular weight excluding hydrogens is 180 g/mol. The first-order chi connectivity index (χ1) is 6.26. The van der Waals surface area contributed by atoms with Crippen LogP contribution in [0.4, 0.5) is 0 Å². The molecule has 2 nitrogen and oxygen atoms in total. The molecule has 0 aliphatic carbocycles. The van der Waals surface area contributed by atoms with Gasteiger partial charge in [0.05, 0.1) is 10.9 Å². The molecule has 0 unspecified atom stereocenters. The van der Waals surface area contributed by atoms with Crippen LogP contribution in [-0.2, 0) is 0 Å². The smallest absolute Gasteiger partial charge is 0.106 e. The van der Waals surface area contributed by atoms with Crippen molar-refractivity contribution < 1.29 is 0 Å². The van der Waals surface area contributed by atoms with Gasteiger partial charge in [0.25, 0.3) is 0 Å². The van der Waals surface area contributed by atoms with Crippen LogP contribution in [0.25, 0.3) is 0 Å². The van der Waals surface area contributed by atoms with E-state index in [0.29, 0.717) is 0 Å². The first-order valence-corrected chi connectivity index (χ1v) is 6.06. The Bertz CT molecular complexity index is 192. The van der Waals surface area contributed by atoms with Crippen LogP contribution in [0, 0.1) is 11.3 Å². The van der Waals surface area contributed by atoms with Gasteiger partial charge in [-0.2, -0.15) is 5.26 Å². The molecule has 1 rings (SSSR count). The van der Waals surface area contributed by atoms with Crippen molar-refractivity contribution in [2.45, 2.75) is 50.4 Å². The fourth-order valence-corrected chi connectivity index (χ4v) is 3.50. The predicted molar refractivity (Wildman–Crippen MR) is 57.5 cm³/mol. The van der Waals surface area contributed by atoms with E-state index in [4.69, 9.17) is 5.26 Å². The highest BCUT2D eigenvalue weighted by Gasteiger charge is 2.37. The van der Waals surface area contributed by atoms with Crippen LogP contribution >= 0.6 is 11.8 Å². The van der Waals surface area contributed by atoms with E-state index >= 15 is 0 Å². The quantitative estimate of drug-likeness (QED) is 0.754. The molecule has 74 valence electrons. The molecule has 0 radical (unpaired) electrons. The summed E-state index contributed by atoms with van der Waals surface area (Å²) in [6.07, 6.45) is 4.75. The fourth-order valence-electron chi connectivity index (χ4n) is 1.93. The average molecular weight is 198 g/mol. The molecule has 0 aromatic rings. The molecule has 0 aromatic heterocycles. The Hall–Kier alpha value is -0.200. The maximum Gasteiger partial charge on any atom is 0.106 e. The molecule has 0 spiro atoms. The fraction of sp³-hybridized carbons (Fsp3) is 0.900. The van der Waals surface area contributed by atoms with Gasteiger partial charge in [0.15, 0.2) is 0 Å². The number of nitrogens with one attached hydrogen (secondary N) is 1. The molecule has 0 bridgehead atoms. The van der Waals surface area contributed by atoms with E-state index in [1.165, 1.54) is 25.7 Å². The van der Waals surface area contributed by atoms with Gasteiger partial charge in [0.2, 0.25) is 0 Å². The van der Waals surface area contributed by atoms with Gasteiger partial charge in [0, 0.05) is 5.75 Å². The van der Waals surface area contributed by atoms with Gasteiger partial charge >= 0.3 is 0 Å². The molecule has 0 saturated carbocycles. The SMILES string of the molecule is CCCC1(CCC)N[C@H](C#N)CS1. The minimum absolute atomic E-state index is 0.0723. The van der Waals surface area contributed by atoms with Crippen LogP contribution in [0.1, 0.15) is 39.5 Å². The molecule has 1 N–H and O–H groups in total. The Labute approximate surface area is 85.1 Å². The topological polar surface area (TPSA) is 35.8 Å². The number of nitrogens with zero attached hydrogens (tertiary/aromatic N) is 1. The number of hydrogen-bond acceptors (Lipinski definition) is 3. The molecule has 0 aromatic carbocycles. The summed E-state index contributed by atoms with van der Waals surface area (Å²) in [4.78, 5) is 0.212. The van der Waals surface area contributed by atoms with Crippen molar-refractivity contribution >= 4 is 11.8 Å². The zero-order valence-electron chi connectivity index (χ0n) is 8.47. The molecule has 1 heterocycles. The Morgan fingerprint density at radius 2 is 2.08 bits per heavy atom. The molecule has 0 amide bonds. The first kappa shape index (κ1) is 10.9. The van der Waals surface area contributed by atoms with Crippen molar-refractivity contribution in [1.29, 1.82) is 5.26 Å². The molecule has 1 fully saturated rings. The van der Waals surface area contributed by atoms with Gasteiger partial charge in [-0.1, -0.05) is 26.7 Å². The van der Waals surface area contributed by atoms with E-state index < -0.39 is 0 Å². The minimum Gasteiger partial charge on any atom is -0.287 e. The Morgan fingerprint density at radius 3 is 2.46 bits per heavy atom. The lowest BCUT2D eigenvalue weighted by Crippen LogP contribution is -2.41. The molecular formula is C10H18N2S. The lowest BCUT2D eigenvalue weighted by atomic mass is 10.1. The van der Waals surface area contributed by atoms with E-state index in [-0.39, 0.29) is 10.9 Å². The normalized spacial score (nSPS) is 25.8. The van der Waals surface area contributed by atoms with Gasteiger partial charge in [0.1, 0.15) is 6.04 Å². The van der Waals surface area contributed by atoms with Crippen molar-refractivity contribution in [1.82, 2.24) is 5.32 Å². The van der Waals surface area contributed by atoms with Gasteiger partial charge in [-0.3, -0.25) is 5.32 Å². The standard InChI is InChI=1S/C10H18N2S/c1-3-5-10(6-4-2)12-9(7-11)8-13-10/h9,12H,3-6,8H2,1-2H3/t9-/m1/s1. The number of hydrogen-bond donors (Lipinski definition) is 1. The highest BCUT2D eigenvalue weighted by Crippen LogP contribution is 2.37. The number of thioether (sulfide) groups is 1. The van der Waals surface area contributed by atoms with Crippen molar-refractivity contribution in [3.63, 3.8) is 0 Å². The molecule has 1 atom stereocenters. The van der Waals surface area contributed by atoms with Crippen molar-refractivity contribution in [2.24, 2.45) is 0 Å². The molecule has 1 aliphatic heterocycles. The summed E-state index contributed by atoms with van der Waals surface area (Å²) in [6.45, 7) is 4.42. The van der Waals surface area contributed by atoms with E-state index in [0.717, 1.165) is 5.75 Å². The highest BCUT2D eigenvalue weighted by atomic mass is 32.2. The molecule has 13 heavy (non-hydrogen) atoms. The molecule has 1 aliphatic rings. The van der Waals surface area contributed by atoms with Crippen molar-refractivity contribution in [3.8, 4) is 6.07 Å². The highest BCUT2D eigenvalue weighted by molar-refractivity contribution is 8.00. The van der Waals surface area contributed by atoms with Crippen LogP contribution in [0.2, 0.25) is 0 Å². The lowest BCUT2D eigenvalue weighted by Gasteiger charge is -2.28. The molecule has 3 heteroatoms. The third kappa shape index (κ3) is 2.62. The van der Waals surface area contributed by atoms with Gasteiger partial charge in [-0.15, -0.1) is 11.8 Å². The third-order valence-corrected chi connectivity index (χ3v) is 4.01. The zero-order valence-corrected chi connectivity index (χ0v) is 9.28. The summed E-state index contributed by atoms with van der Waals surface area (Å²) in [5.74, 6) is 0.955. The van der Waals surface area contributed by atoms with Crippen LogP contribution < -0.4 is 5.32 Å². The average Bonchev–Trinajstić information content (AvgIpc) is 2.50. The minimum atomic E-state index is 0.0723. The number of rotatable bonds is 4. The summed E-state index contributed by atoms with van der Waals surface area (Å²) in [7, 11) is 0. The summed E-state index contributed by atoms with van der Waals surface area (Å²) in [6, 6.07) is 2.38. The van der Waals surface area contributed by atoms with E-state index in [1.807, 2.05) is 11.8 Å².